The number of aliphatic hydroxyl groups is 3. The fraction of sp³-hybridized carbons (Fsp3) is 0.600. The number of aliphatic hydroxyl groups excluding tert-OH is 3. The molecular formula is C10H13FN2O6. The lowest BCUT2D eigenvalue weighted by Crippen LogP contribution is -2.53. The number of alkyl halides is 1. The van der Waals surface area contributed by atoms with Gasteiger partial charge < -0.3 is 20.1 Å². The fourth-order valence-electron chi connectivity index (χ4n) is 2.11. The van der Waals surface area contributed by atoms with Crippen LogP contribution < -0.4 is 11.2 Å². The van der Waals surface area contributed by atoms with E-state index in [0.29, 0.717) is 4.57 Å². The molecule has 19 heavy (non-hydrogen) atoms. The second kappa shape index (κ2) is 4.85. The molecule has 1 aromatic heterocycles. The third kappa shape index (κ3) is 2.00. The predicted octanol–water partition coefficient (Wildman–Crippen LogP) is -2.73. The summed E-state index contributed by atoms with van der Waals surface area (Å²) < 4.78 is 19.1. The van der Waals surface area contributed by atoms with Crippen LogP contribution >= 0.6 is 0 Å². The largest absolute Gasteiger partial charge is 0.394 e. The minimum absolute atomic E-state index is 0.651. The van der Waals surface area contributed by atoms with Gasteiger partial charge in [-0.15, -0.1) is 0 Å². The molecule has 2 rings (SSSR count). The Morgan fingerprint density at radius 1 is 1.47 bits per heavy atom. The summed E-state index contributed by atoms with van der Waals surface area (Å²) in [6.07, 6.45) is -3.60. The van der Waals surface area contributed by atoms with E-state index in [4.69, 9.17) is 9.84 Å². The molecule has 0 saturated carbocycles. The Balaban J connectivity index is 2.55. The zero-order valence-corrected chi connectivity index (χ0v) is 9.69. The number of nitrogens with one attached hydrogen (secondary N) is 1. The normalized spacial score (nSPS) is 34.6. The molecule has 1 fully saturated rings. The Morgan fingerprint density at radius 3 is 2.63 bits per heavy atom. The smallest absolute Gasteiger partial charge is 0.330 e. The zero-order chi connectivity index (χ0) is 14.2. The Morgan fingerprint density at radius 2 is 2.16 bits per heavy atom. The summed E-state index contributed by atoms with van der Waals surface area (Å²) in [6, 6.07) is 0.952. The summed E-state index contributed by atoms with van der Waals surface area (Å²) in [6.45, 7) is -1.98. The highest BCUT2D eigenvalue weighted by Gasteiger charge is 2.56. The summed E-state index contributed by atoms with van der Waals surface area (Å²) >= 11 is 0. The predicted molar refractivity (Wildman–Crippen MR) is 59.2 cm³/mol. The highest BCUT2D eigenvalue weighted by molar-refractivity contribution is 5.01. The molecule has 1 unspecified atom stereocenters. The van der Waals surface area contributed by atoms with E-state index in [-0.39, 0.29) is 0 Å². The number of hydrogen-bond acceptors (Lipinski definition) is 6. The number of hydrogen-bond donors (Lipinski definition) is 4. The van der Waals surface area contributed by atoms with Gasteiger partial charge in [0, 0.05) is 12.3 Å². The molecule has 0 amide bonds. The van der Waals surface area contributed by atoms with Crippen LogP contribution in [0.1, 0.15) is 0 Å². The van der Waals surface area contributed by atoms with Crippen molar-refractivity contribution >= 4 is 0 Å². The standard InChI is InChI=1S/C10H13FN2O6/c11-4-10(8(17)7(16)5(3-14)19-10)13-2-1-6(15)12-9(13)18/h1-2,5,7-8,14,16-17H,3-4H2,(H,12,15,18)/t5-,7-,8+,10?/m1/s1. The molecule has 2 heterocycles. The number of H-pyrrole nitrogens is 1. The lowest BCUT2D eigenvalue weighted by atomic mass is 10.0. The molecule has 0 aliphatic carbocycles. The molecule has 0 radical (unpaired) electrons. The van der Waals surface area contributed by atoms with Gasteiger partial charge in [-0.1, -0.05) is 0 Å². The lowest BCUT2D eigenvalue weighted by Gasteiger charge is -2.30. The van der Waals surface area contributed by atoms with Crippen molar-refractivity contribution in [1.29, 1.82) is 0 Å². The van der Waals surface area contributed by atoms with Gasteiger partial charge in [-0.2, -0.15) is 0 Å². The first-order chi connectivity index (χ1) is 8.96. The van der Waals surface area contributed by atoms with Crippen LogP contribution in [0, 0.1) is 0 Å². The van der Waals surface area contributed by atoms with E-state index >= 15 is 0 Å². The summed E-state index contributed by atoms with van der Waals surface area (Å²) in [7, 11) is 0. The van der Waals surface area contributed by atoms with Crippen LogP contribution in [0.25, 0.3) is 0 Å². The molecule has 8 nitrogen and oxygen atoms in total. The zero-order valence-electron chi connectivity index (χ0n) is 9.69. The van der Waals surface area contributed by atoms with Gasteiger partial charge in [0.25, 0.3) is 5.56 Å². The Kier molecular flexibility index (Phi) is 3.54. The van der Waals surface area contributed by atoms with Gasteiger partial charge in [0.15, 0.2) is 0 Å². The average molecular weight is 276 g/mol. The van der Waals surface area contributed by atoms with Crippen LogP contribution in [0.3, 0.4) is 0 Å². The van der Waals surface area contributed by atoms with Gasteiger partial charge in [-0.05, 0) is 0 Å². The first-order valence-corrected chi connectivity index (χ1v) is 5.49. The monoisotopic (exact) mass is 276 g/mol. The Labute approximate surface area is 105 Å². The van der Waals surface area contributed by atoms with Gasteiger partial charge in [-0.25, -0.2) is 9.18 Å². The van der Waals surface area contributed by atoms with Crippen LogP contribution in [-0.4, -0.2) is 56.5 Å². The maximum absolute atomic E-state index is 13.3. The molecule has 106 valence electrons. The van der Waals surface area contributed by atoms with E-state index < -0.39 is 48.6 Å². The molecule has 0 spiro atoms. The molecule has 4 atom stereocenters. The quantitative estimate of drug-likeness (QED) is 0.475. The lowest BCUT2D eigenvalue weighted by molar-refractivity contribution is -0.160. The van der Waals surface area contributed by atoms with Crippen LogP contribution in [0.4, 0.5) is 4.39 Å². The first-order valence-electron chi connectivity index (χ1n) is 5.49. The topological polar surface area (TPSA) is 125 Å². The highest BCUT2D eigenvalue weighted by atomic mass is 19.1. The molecule has 4 N–H and O–H groups in total. The maximum atomic E-state index is 13.3. The summed E-state index contributed by atoms with van der Waals surface area (Å²) in [5.74, 6) is 0. The molecule has 1 aliphatic heterocycles. The van der Waals surface area contributed by atoms with Crippen molar-refractivity contribution in [3.8, 4) is 0 Å². The van der Waals surface area contributed by atoms with Gasteiger partial charge in [-0.3, -0.25) is 14.3 Å². The van der Waals surface area contributed by atoms with Crippen LogP contribution in [-0.2, 0) is 10.5 Å². The van der Waals surface area contributed by atoms with E-state index in [1.807, 2.05) is 4.98 Å². The Hall–Kier alpha value is -1.55. The SMILES string of the molecule is O=c1ccn(C2(CF)O[C@H](CO)[C@@H](O)[C@@H]2O)c(=O)[nH]1. The van der Waals surface area contributed by atoms with Crippen LogP contribution in [0.15, 0.2) is 21.9 Å². The van der Waals surface area contributed by atoms with Crippen molar-refractivity contribution in [3.63, 3.8) is 0 Å². The third-order valence-electron chi connectivity index (χ3n) is 3.13. The van der Waals surface area contributed by atoms with Crippen molar-refractivity contribution < 1.29 is 24.4 Å². The third-order valence-corrected chi connectivity index (χ3v) is 3.13. The average Bonchev–Trinajstić information content (AvgIpc) is 2.64. The molecule has 0 bridgehead atoms. The summed E-state index contributed by atoms with van der Waals surface area (Å²) in [5.41, 5.74) is -3.86. The molecule has 1 saturated heterocycles. The van der Waals surface area contributed by atoms with E-state index in [9.17, 15) is 24.2 Å². The second-order valence-corrected chi connectivity index (χ2v) is 4.23. The van der Waals surface area contributed by atoms with Crippen LogP contribution in [0.2, 0.25) is 0 Å². The highest BCUT2D eigenvalue weighted by Crippen LogP contribution is 2.34. The minimum Gasteiger partial charge on any atom is -0.394 e. The van der Waals surface area contributed by atoms with Gasteiger partial charge in [0.05, 0.1) is 6.61 Å². The van der Waals surface area contributed by atoms with Crippen molar-refractivity contribution in [2.75, 3.05) is 13.3 Å². The van der Waals surface area contributed by atoms with E-state index in [2.05, 4.69) is 0 Å². The number of aromatic nitrogens is 2. The molecule has 1 aromatic rings. The minimum atomic E-state index is -2.17. The van der Waals surface area contributed by atoms with Crippen LogP contribution in [0.5, 0.6) is 0 Å². The first kappa shape index (κ1) is 13.9. The number of nitrogens with zero attached hydrogens (tertiary/aromatic N) is 1. The van der Waals surface area contributed by atoms with E-state index in [1.165, 1.54) is 0 Å². The number of aromatic amines is 1. The van der Waals surface area contributed by atoms with E-state index in [0.717, 1.165) is 12.3 Å². The van der Waals surface area contributed by atoms with Gasteiger partial charge in [0.2, 0.25) is 5.72 Å². The molecule has 0 aromatic carbocycles. The van der Waals surface area contributed by atoms with Gasteiger partial charge in [0.1, 0.15) is 25.0 Å². The summed E-state index contributed by atoms with van der Waals surface area (Å²) in [4.78, 5) is 24.5. The maximum Gasteiger partial charge on any atom is 0.330 e. The van der Waals surface area contributed by atoms with E-state index in [1.54, 1.807) is 0 Å². The number of halogens is 1. The van der Waals surface area contributed by atoms with Crippen molar-refractivity contribution in [1.82, 2.24) is 9.55 Å². The molecule has 1 aliphatic rings. The molecule has 9 heteroatoms. The molecular weight excluding hydrogens is 263 g/mol. The number of ether oxygens (including phenoxy) is 1. The fourth-order valence-corrected chi connectivity index (χ4v) is 2.11. The summed E-state index contributed by atoms with van der Waals surface area (Å²) in [5, 5.41) is 28.5. The Bertz CT molecular complexity index is 572. The second-order valence-electron chi connectivity index (χ2n) is 4.23. The van der Waals surface area contributed by atoms with Crippen molar-refractivity contribution in [2.45, 2.75) is 24.0 Å². The van der Waals surface area contributed by atoms with Crippen molar-refractivity contribution in [3.05, 3.63) is 33.1 Å². The number of rotatable bonds is 3. The van der Waals surface area contributed by atoms with Crippen molar-refractivity contribution in [2.24, 2.45) is 0 Å². The van der Waals surface area contributed by atoms with Gasteiger partial charge >= 0.3 is 5.69 Å².